The molecular formula is C7H10N2S. The van der Waals surface area contributed by atoms with Crippen LogP contribution in [0.15, 0.2) is 0 Å². The van der Waals surface area contributed by atoms with E-state index in [0.29, 0.717) is 0 Å². The molecule has 1 aliphatic rings. The van der Waals surface area contributed by atoms with Crippen LogP contribution in [-0.2, 0) is 12.2 Å². The third kappa shape index (κ3) is 0.944. The van der Waals surface area contributed by atoms with Crippen molar-refractivity contribution >= 4 is 11.8 Å². The fourth-order valence-electron chi connectivity index (χ4n) is 1.26. The Balaban J connectivity index is 2.41. The van der Waals surface area contributed by atoms with Crippen LogP contribution >= 0.6 is 11.8 Å². The van der Waals surface area contributed by atoms with E-state index >= 15 is 0 Å². The maximum Gasteiger partial charge on any atom is 0.103 e. The summed E-state index contributed by atoms with van der Waals surface area (Å²) >= 11 is 1.97. The number of aromatic amines is 1. The maximum absolute atomic E-state index is 4.37. The van der Waals surface area contributed by atoms with Gasteiger partial charge in [-0.25, -0.2) is 4.98 Å². The Kier molecular flexibility index (Phi) is 1.45. The standard InChI is InChI=1S/C7H10N2S/c1-5-8-6-2-3-10-4-7(6)9-5/h2-4H2,1H3,(H,8,9). The molecule has 1 N–H and O–H groups in total. The van der Waals surface area contributed by atoms with Crippen molar-refractivity contribution in [2.24, 2.45) is 0 Å². The Morgan fingerprint density at radius 3 is 3.30 bits per heavy atom. The van der Waals surface area contributed by atoms with Crippen molar-refractivity contribution in [3.8, 4) is 0 Å². The van der Waals surface area contributed by atoms with E-state index in [4.69, 9.17) is 0 Å². The molecule has 0 radical (unpaired) electrons. The summed E-state index contributed by atoms with van der Waals surface area (Å²) in [6.07, 6.45) is 1.17. The van der Waals surface area contributed by atoms with Crippen molar-refractivity contribution in [1.82, 2.24) is 9.97 Å². The number of hydrogen-bond donors (Lipinski definition) is 1. The van der Waals surface area contributed by atoms with Crippen molar-refractivity contribution in [2.75, 3.05) is 5.75 Å². The third-order valence-electron chi connectivity index (χ3n) is 1.72. The quantitative estimate of drug-likeness (QED) is 0.613. The van der Waals surface area contributed by atoms with Crippen LogP contribution in [0.5, 0.6) is 0 Å². The zero-order valence-electron chi connectivity index (χ0n) is 5.98. The number of H-pyrrole nitrogens is 1. The van der Waals surface area contributed by atoms with E-state index in [2.05, 4.69) is 9.97 Å². The van der Waals surface area contributed by atoms with Crippen LogP contribution in [0, 0.1) is 6.92 Å². The summed E-state index contributed by atoms with van der Waals surface area (Å²) in [5.41, 5.74) is 2.63. The van der Waals surface area contributed by atoms with Crippen molar-refractivity contribution in [1.29, 1.82) is 0 Å². The number of nitrogens with one attached hydrogen (secondary N) is 1. The van der Waals surface area contributed by atoms with Crippen LogP contribution in [0.25, 0.3) is 0 Å². The average molecular weight is 154 g/mol. The number of fused-ring (bicyclic) bond motifs is 1. The molecule has 0 saturated carbocycles. The molecule has 0 aromatic carbocycles. The third-order valence-corrected chi connectivity index (χ3v) is 2.69. The second-order valence-electron chi connectivity index (χ2n) is 2.55. The Bertz CT molecular complexity index is 218. The lowest BCUT2D eigenvalue weighted by Crippen LogP contribution is -2.00. The van der Waals surface area contributed by atoms with Gasteiger partial charge in [0.05, 0.1) is 5.69 Å². The van der Waals surface area contributed by atoms with Gasteiger partial charge in [0.15, 0.2) is 0 Å². The SMILES string of the molecule is Cc1nc2c([nH]1)CCSC2. The molecule has 0 bridgehead atoms. The minimum Gasteiger partial charge on any atom is -0.346 e. The summed E-state index contributed by atoms with van der Waals surface area (Å²) in [5.74, 6) is 3.40. The molecule has 0 atom stereocenters. The number of thioether (sulfide) groups is 1. The molecule has 0 spiro atoms. The lowest BCUT2D eigenvalue weighted by atomic mass is 10.3. The van der Waals surface area contributed by atoms with Gasteiger partial charge in [-0.3, -0.25) is 0 Å². The first-order valence-corrected chi connectivity index (χ1v) is 4.64. The summed E-state index contributed by atoms with van der Waals surface area (Å²) in [6, 6.07) is 0. The molecule has 0 saturated heterocycles. The Morgan fingerprint density at radius 2 is 2.50 bits per heavy atom. The zero-order chi connectivity index (χ0) is 6.97. The van der Waals surface area contributed by atoms with Crippen molar-refractivity contribution in [2.45, 2.75) is 19.1 Å². The minimum absolute atomic E-state index is 1.06. The van der Waals surface area contributed by atoms with Crippen molar-refractivity contribution < 1.29 is 0 Å². The van der Waals surface area contributed by atoms with Gasteiger partial charge in [0.25, 0.3) is 0 Å². The number of imidazole rings is 1. The number of hydrogen-bond acceptors (Lipinski definition) is 2. The van der Waals surface area contributed by atoms with E-state index in [1.165, 1.54) is 23.6 Å². The molecule has 0 fully saturated rings. The second kappa shape index (κ2) is 2.31. The summed E-state index contributed by atoms with van der Waals surface area (Å²) in [4.78, 5) is 7.65. The number of nitrogens with zero attached hydrogens (tertiary/aromatic N) is 1. The molecule has 3 heteroatoms. The van der Waals surface area contributed by atoms with Crippen LogP contribution in [-0.4, -0.2) is 15.7 Å². The van der Waals surface area contributed by atoms with Crippen molar-refractivity contribution in [3.63, 3.8) is 0 Å². The van der Waals surface area contributed by atoms with Crippen LogP contribution in [0.4, 0.5) is 0 Å². The number of aryl methyl sites for hydroxylation is 2. The van der Waals surface area contributed by atoms with Gasteiger partial charge in [0.2, 0.25) is 0 Å². The predicted octanol–water partition coefficient (Wildman–Crippen LogP) is 1.51. The van der Waals surface area contributed by atoms with Crippen molar-refractivity contribution in [3.05, 3.63) is 17.2 Å². The van der Waals surface area contributed by atoms with Gasteiger partial charge >= 0.3 is 0 Å². The zero-order valence-corrected chi connectivity index (χ0v) is 6.79. The molecule has 0 amide bonds. The van der Waals surface area contributed by atoms with Gasteiger partial charge in [-0.05, 0) is 19.1 Å². The summed E-state index contributed by atoms with van der Waals surface area (Å²) < 4.78 is 0. The van der Waals surface area contributed by atoms with Crippen LogP contribution in [0.1, 0.15) is 17.2 Å². The summed E-state index contributed by atoms with van der Waals surface area (Å²) in [7, 11) is 0. The lowest BCUT2D eigenvalue weighted by molar-refractivity contribution is 1.01. The predicted molar refractivity (Wildman–Crippen MR) is 43.2 cm³/mol. The van der Waals surface area contributed by atoms with Gasteiger partial charge in [0.1, 0.15) is 5.82 Å². The van der Waals surface area contributed by atoms with E-state index in [-0.39, 0.29) is 0 Å². The molecule has 0 unspecified atom stereocenters. The van der Waals surface area contributed by atoms with Crippen LogP contribution in [0.2, 0.25) is 0 Å². The van der Waals surface area contributed by atoms with Gasteiger partial charge in [-0.2, -0.15) is 11.8 Å². The largest absolute Gasteiger partial charge is 0.346 e. The normalized spacial score (nSPS) is 16.9. The number of rotatable bonds is 0. The first kappa shape index (κ1) is 6.28. The van der Waals surface area contributed by atoms with Gasteiger partial charge < -0.3 is 4.98 Å². The summed E-state index contributed by atoms with van der Waals surface area (Å²) in [5, 5.41) is 0. The molecule has 1 aromatic heterocycles. The van der Waals surface area contributed by atoms with E-state index in [1.807, 2.05) is 18.7 Å². The first-order chi connectivity index (χ1) is 4.86. The first-order valence-electron chi connectivity index (χ1n) is 3.48. The van der Waals surface area contributed by atoms with E-state index < -0.39 is 0 Å². The molecular weight excluding hydrogens is 144 g/mol. The molecule has 10 heavy (non-hydrogen) atoms. The summed E-state index contributed by atoms with van der Waals surface area (Å²) in [6.45, 7) is 2.02. The fraction of sp³-hybridized carbons (Fsp3) is 0.571. The topological polar surface area (TPSA) is 28.7 Å². The average Bonchev–Trinajstić information content (AvgIpc) is 2.27. The molecule has 0 aliphatic carbocycles. The Morgan fingerprint density at radius 1 is 1.60 bits per heavy atom. The molecule has 2 nitrogen and oxygen atoms in total. The molecule has 1 aliphatic heterocycles. The fourth-order valence-corrected chi connectivity index (χ4v) is 2.18. The van der Waals surface area contributed by atoms with Gasteiger partial charge in [-0.1, -0.05) is 0 Å². The number of aromatic nitrogens is 2. The molecule has 2 rings (SSSR count). The van der Waals surface area contributed by atoms with Crippen LogP contribution in [0.3, 0.4) is 0 Å². The molecule has 2 heterocycles. The van der Waals surface area contributed by atoms with Crippen LogP contribution < -0.4 is 0 Å². The highest BCUT2D eigenvalue weighted by Gasteiger charge is 2.12. The van der Waals surface area contributed by atoms with E-state index in [0.717, 1.165) is 11.6 Å². The van der Waals surface area contributed by atoms with E-state index in [1.54, 1.807) is 0 Å². The van der Waals surface area contributed by atoms with Gasteiger partial charge in [0, 0.05) is 11.4 Å². The molecule has 1 aromatic rings. The van der Waals surface area contributed by atoms with E-state index in [9.17, 15) is 0 Å². The monoisotopic (exact) mass is 154 g/mol. The highest BCUT2D eigenvalue weighted by atomic mass is 32.2. The minimum atomic E-state index is 1.06. The highest BCUT2D eigenvalue weighted by molar-refractivity contribution is 7.98. The van der Waals surface area contributed by atoms with Gasteiger partial charge in [-0.15, -0.1) is 0 Å². The lowest BCUT2D eigenvalue weighted by Gasteiger charge is -2.07. The Hall–Kier alpha value is -0.440. The maximum atomic E-state index is 4.37. The molecule has 54 valence electrons. The highest BCUT2D eigenvalue weighted by Crippen LogP contribution is 2.21. The second-order valence-corrected chi connectivity index (χ2v) is 3.66. The Labute approximate surface area is 64.4 Å². The smallest absolute Gasteiger partial charge is 0.103 e.